The number of ether oxygens (including phenoxy) is 1. The van der Waals surface area contributed by atoms with Crippen molar-refractivity contribution in [2.24, 2.45) is 10.7 Å². The molecule has 3 heterocycles. The van der Waals surface area contributed by atoms with E-state index in [0.29, 0.717) is 12.5 Å². The molecule has 4 rings (SSSR count). The molecule has 7 nitrogen and oxygen atoms in total. The van der Waals surface area contributed by atoms with E-state index in [1.165, 1.54) is 11.1 Å². The zero-order valence-electron chi connectivity index (χ0n) is 16.2. The minimum absolute atomic E-state index is 0.624. The van der Waals surface area contributed by atoms with Crippen molar-refractivity contribution in [2.45, 2.75) is 13.1 Å². The van der Waals surface area contributed by atoms with Gasteiger partial charge >= 0.3 is 0 Å². The van der Waals surface area contributed by atoms with Crippen molar-refractivity contribution in [1.29, 1.82) is 0 Å². The molecule has 0 bridgehead atoms. The average molecular weight is 401 g/mol. The number of guanidine groups is 1. The number of nitrogens with zero attached hydrogens (tertiary/aromatic N) is 5. The third-order valence-electron chi connectivity index (χ3n) is 5.32. The van der Waals surface area contributed by atoms with Crippen LogP contribution in [0.25, 0.3) is 0 Å². The summed E-state index contributed by atoms with van der Waals surface area (Å²) in [5.41, 5.74) is 8.89. The summed E-state index contributed by atoms with van der Waals surface area (Å²) in [6.07, 6.45) is 1.86. The van der Waals surface area contributed by atoms with Crippen LogP contribution in [0.2, 0.25) is 0 Å². The Kier molecular flexibility index (Phi) is 6.41. The molecule has 1 aromatic carbocycles. The van der Waals surface area contributed by atoms with Crippen molar-refractivity contribution in [3.8, 4) is 0 Å². The topological polar surface area (TPSA) is 70.2 Å². The van der Waals surface area contributed by atoms with Gasteiger partial charge < -0.3 is 20.3 Å². The number of thiazole rings is 1. The summed E-state index contributed by atoms with van der Waals surface area (Å²) in [5.74, 6) is 0.639. The van der Waals surface area contributed by atoms with Crippen molar-refractivity contribution in [1.82, 2.24) is 14.8 Å². The van der Waals surface area contributed by atoms with Crippen molar-refractivity contribution in [2.75, 3.05) is 57.4 Å². The van der Waals surface area contributed by atoms with E-state index in [1.807, 2.05) is 11.6 Å². The largest absolute Gasteiger partial charge is 0.379 e. The predicted molar refractivity (Wildman–Crippen MR) is 114 cm³/mol. The van der Waals surface area contributed by atoms with Crippen molar-refractivity contribution < 1.29 is 4.74 Å². The molecular weight excluding hydrogens is 372 g/mol. The highest BCUT2D eigenvalue weighted by Crippen LogP contribution is 2.19. The first-order chi connectivity index (χ1) is 13.8. The fraction of sp³-hybridized carbons (Fsp3) is 0.500. The van der Waals surface area contributed by atoms with Gasteiger partial charge in [-0.3, -0.25) is 4.90 Å². The van der Waals surface area contributed by atoms with Gasteiger partial charge in [0, 0.05) is 57.4 Å². The van der Waals surface area contributed by atoms with Crippen LogP contribution in [-0.4, -0.2) is 73.2 Å². The highest BCUT2D eigenvalue weighted by atomic mass is 32.1. The lowest BCUT2D eigenvalue weighted by Crippen LogP contribution is -2.51. The molecule has 2 fully saturated rings. The minimum atomic E-state index is 0.624. The molecule has 0 amide bonds. The quantitative estimate of drug-likeness (QED) is 0.607. The molecule has 150 valence electrons. The van der Waals surface area contributed by atoms with Gasteiger partial charge in [0.25, 0.3) is 0 Å². The van der Waals surface area contributed by atoms with E-state index in [0.717, 1.165) is 64.2 Å². The molecule has 28 heavy (non-hydrogen) atoms. The van der Waals surface area contributed by atoms with Crippen LogP contribution in [0.4, 0.5) is 5.13 Å². The first-order valence-corrected chi connectivity index (χ1v) is 10.7. The lowest BCUT2D eigenvalue weighted by Gasteiger charge is -2.35. The zero-order chi connectivity index (χ0) is 19.2. The van der Waals surface area contributed by atoms with Crippen molar-refractivity contribution >= 4 is 22.4 Å². The summed E-state index contributed by atoms with van der Waals surface area (Å²) >= 11 is 1.69. The van der Waals surface area contributed by atoms with Gasteiger partial charge in [0.15, 0.2) is 11.1 Å². The molecule has 2 aliphatic heterocycles. The standard InChI is InChI=1S/C20H28N6OS/c21-19(25-6-8-26(9-7-25)20-22-5-14-28-20)23-15-17-3-1-2-4-18(17)16-24-10-12-27-13-11-24/h1-5,14H,6-13,15-16H2,(H2,21,23). The van der Waals surface area contributed by atoms with Crippen LogP contribution in [-0.2, 0) is 17.8 Å². The van der Waals surface area contributed by atoms with Gasteiger partial charge in [0.1, 0.15) is 0 Å². The third kappa shape index (κ3) is 4.81. The Hall–Kier alpha value is -2.16. The summed E-state index contributed by atoms with van der Waals surface area (Å²) in [6.45, 7) is 8.80. The van der Waals surface area contributed by atoms with E-state index in [1.54, 1.807) is 11.3 Å². The number of morpholine rings is 1. The van der Waals surface area contributed by atoms with Gasteiger partial charge in [-0.1, -0.05) is 24.3 Å². The van der Waals surface area contributed by atoms with Crippen LogP contribution in [0.1, 0.15) is 11.1 Å². The Morgan fingerprint density at radius 1 is 1.07 bits per heavy atom. The van der Waals surface area contributed by atoms with Gasteiger partial charge in [0.2, 0.25) is 0 Å². The molecule has 2 aromatic rings. The number of hydrogen-bond acceptors (Lipinski definition) is 6. The molecule has 0 saturated carbocycles. The van der Waals surface area contributed by atoms with Crippen LogP contribution in [0.5, 0.6) is 0 Å². The van der Waals surface area contributed by atoms with Gasteiger partial charge in [-0.2, -0.15) is 0 Å². The molecule has 1 aromatic heterocycles. The summed E-state index contributed by atoms with van der Waals surface area (Å²) < 4.78 is 5.45. The molecule has 2 aliphatic rings. The van der Waals surface area contributed by atoms with Crippen LogP contribution < -0.4 is 10.6 Å². The third-order valence-corrected chi connectivity index (χ3v) is 6.15. The number of anilines is 1. The maximum atomic E-state index is 6.31. The number of aromatic nitrogens is 1. The zero-order valence-corrected chi connectivity index (χ0v) is 17.0. The molecule has 0 unspecified atom stereocenters. The second-order valence-corrected chi connectivity index (χ2v) is 7.99. The highest BCUT2D eigenvalue weighted by Gasteiger charge is 2.20. The second kappa shape index (κ2) is 9.36. The molecule has 8 heteroatoms. The van der Waals surface area contributed by atoms with Gasteiger partial charge in [-0.05, 0) is 11.1 Å². The summed E-state index contributed by atoms with van der Waals surface area (Å²) in [4.78, 5) is 16.0. The lowest BCUT2D eigenvalue weighted by atomic mass is 10.1. The minimum Gasteiger partial charge on any atom is -0.379 e. The van der Waals surface area contributed by atoms with Crippen molar-refractivity contribution in [3.05, 3.63) is 47.0 Å². The number of piperazine rings is 1. The molecule has 0 aliphatic carbocycles. The van der Waals surface area contributed by atoms with E-state index in [9.17, 15) is 0 Å². The van der Waals surface area contributed by atoms with E-state index in [2.05, 4.69) is 43.9 Å². The highest BCUT2D eigenvalue weighted by molar-refractivity contribution is 7.13. The lowest BCUT2D eigenvalue weighted by molar-refractivity contribution is 0.0341. The normalized spacial score (nSPS) is 19.2. The van der Waals surface area contributed by atoms with Gasteiger partial charge in [0.05, 0.1) is 19.8 Å². The Morgan fingerprint density at radius 3 is 2.54 bits per heavy atom. The SMILES string of the molecule is NC(=NCc1ccccc1CN1CCOCC1)N1CCN(c2nccs2)CC1. The summed E-state index contributed by atoms with van der Waals surface area (Å²) in [7, 11) is 0. The first kappa shape index (κ1) is 19.2. The second-order valence-electron chi connectivity index (χ2n) is 7.12. The Bertz CT molecular complexity index is 767. The number of nitrogens with two attached hydrogens (primary N) is 1. The Labute approximate surface area is 170 Å². The van der Waals surface area contributed by atoms with E-state index in [-0.39, 0.29) is 0 Å². The van der Waals surface area contributed by atoms with E-state index in [4.69, 9.17) is 15.5 Å². The fourth-order valence-corrected chi connectivity index (χ4v) is 4.33. The monoisotopic (exact) mass is 400 g/mol. The molecule has 0 atom stereocenters. The smallest absolute Gasteiger partial charge is 0.191 e. The molecule has 0 spiro atoms. The Balaban J connectivity index is 1.33. The molecule has 2 saturated heterocycles. The van der Waals surface area contributed by atoms with Gasteiger partial charge in [-0.25, -0.2) is 9.98 Å². The maximum Gasteiger partial charge on any atom is 0.191 e. The number of benzene rings is 1. The number of rotatable bonds is 5. The number of hydrogen-bond donors (Lipinski definition) is 1. The van der Waals surface area contributed by atoms with E-state index >= 15 is 0 Å². The van der Waals surface area contributed by atoms with Gasteiger partial charge in [-0.15, -0.1) is 11.3 Å². The maximum absolute atomic E-state index is 6.31. The molecule has 0 radical (unpaired) electrons. The summed E-state index contributed by atoms with van der Waals surface area (Å²) in [5, 5.41) is 3.11. The van der Waals surface area contributed by atoms with Crippen LogP contribution in [0.15, 0.2) is 40.8 Å². The van der Waals surface area contributed by atoms with Crippen LogP contribution in [0.3, 0.4) is 0 Å². The first-order valence-electron chi connectivity index (χ1n) is 9.86. The summed E-state index contributed by atoms with van der Waals surface area (Å²) in [6, 6.07) is 8.54. The molecule has 2 N–H and O–H groups in total. The average Bonchev–Trinajstić information content (AvgIpc) is 3.29. The molecular formula is C20H28N6OS. The number of aliphatic imine (C=N–C) groups is 1. The van der Waals surface area contributed by atoms with Crippen LogP contribution >= 0.6 is 11.3 Å². The van der Waals surface area contributed by atoms with E-state index < -0.39 is 0 Å². The predicted octanol–water partition coefficient (Wildman–Crippen LogP) is 1.61. The van der Waals surface area contributed by atoms with Crippen LogP contribution in [0, 0.1) is 0 Å². The van der Waals surface area contributed by atoms with Crippen molar-refractivity contribution in [3.63, 3.8) is 0 Å². The fourth-order valence-electron chi connectivity index (χ4n) is 3.63. The Morgan fingerprint density at radius 2 is 1.82 bits per heavy atom.